The van der Waals surface area contributed by atoms with Crippen LogP contribution in [0.25, 0.3) is 14.5 Å². The molecule has 0 aliphatic rings. The minimum absolute atomic E-state index is 0.0360. The number of alkyl halides is 2. The van der Waals surface area contributed by atoms with Gasteiger partial charge in [-0.3, -0.25) is 9.59 Å². The summed E-state index contributed by atoms with van der Waals surface area (Å²) in [6.45, 7) is 21.3. The minimum Gasteiger partial charge on any atom is -0.298 e. The maximum atomic E-state index is 12.8. The average Bonchev–Trinajstić information content (AvgIpc) is 2.92. The quantitative estimate of drug-likeness (QED) is 0.0933. The molecule has 0 aromatic heterocycles. The van der Waals surface area contributed by atoms with Crippen LogP contribution in [-0.4, -0.2) is 25.5 Å². The first-order valence-corrected chi connectivity index (χ1v) is 12.1. The van der Waals surface area contributed by atoms with Gasteiger partial charge in [0.1, 0.15) is 23.7 Å². The Balaban J connectivity index is 0. The zero-order valence-electron chi connectivity index (χ0n) is 19.9. The van der Waals surface area contributed by atoms with Crippen molar-refractivity contribution in [2.45, 2.75) is 10.7 Å². The van der Waals surface area contributed by atoms with Crippen molar-refractivity contribution in [3.63, 3.8) is 0 Å². The van der Waals surface area contributed by atoms with E-state index >= 15 is 0 Å². The number of carboxylic acid groups (broad SMARTS) is 1. The summed E-state index contributed by atoms with van der Waals surface area (Å²) in [6, 6.07) is 12.6. The summed E-state index contributed by atoms with van der Waals surface area (Å²) in [4.78, 5) is 27.5. The Morgan fingerprint density at radius 2 is 1.26 bits per heavy atom. The summed E-state index contributed by atoms with van der Waals surface area (Å²) in [7, 11) is 4.34. The second kappa shape index (κ2) is 22.2. The van der Waals surface area contributed by atoms with Crippen molar-refractivity contribution >= 4 is 82.1 Å². The zero-order chi connectivity index (χ0) is 30.4. The van der Waals surface area contributed by atoms with Crippen LogP contribution < -0.4 is 0 Å². The van der Waals surface area contributed by atoms with Crippen LogP contribution >= 0.6 is 44.7 Å². The molecule has 1 radical (unpaired) electrons. The largest absolute Gasteiger partial charge is 0.298 e. The molecule has 0 saturated heterocycles. The number of rotatable bonds is 2. The molecule has 7 nitrogen and oxygen atoms in total. The van der Waals surface area contributed by atoms with Crippen molar-refractivity contribution in [1.29, 1.82) is 0 Å². The van der Waals surface area contributed by atoms with E-state index in [4.69, 9.17) is 29.6 Å². The Hall–Kier alpha value is -3.77. The van der Waals surface area contributed by atoms with Crippen LogP contribution in [0.4, 0.5) is 30.2 Å². The van der Waals surface area contributed by atoms with Gasteiger partial charge in [-0.1, -0.05) is 61.7 Å². The third kappa shape index (κ3) is 15.9. The predicted molar refractivity (Wildman–Crippen MR) is 155 cm³/mol. The maximum absolute atomic E-state index is 12.8. The second-order valence-corrected chi connectivity index (χ2v) is 9.64. The Morgan fingerprint density at radius 3 is 1.64 bits per heavy atom. The van der Waals surface area contributed by atoms with E-state index < -0.39 is 17.5 Å². The number of halogens is 5. The number of hydrogen-bond donors (Lipinski definition) is 2. The van der Waals surface area contributed by atoms with Gasteiger partial charge in [0, 0.05) is 5.56 Å². The number of carbonyl (C=O) groups is 2. The Morgan fingerprint density at radius 1 is 0.872 bits per heavy atom. The SMILES string of the molecule is O=CO.[B]=NS.[C-]#[N+]c1cc(C(Br)Br)ccc1F.[C-]#[N+]c1cc(C)ccc1F.[C-]#[N+]c1cc(C=O)ccc1F. The molecule has 14 heteroatoms. The first kappa shape index (κ1) is 37.4. The number of carbonyl (C=O) groups excluding carboxylic acids is 1. The molecule has 0 heterocycles. The molecule has 3 aromatic rings. The fourth-order valence-electron chi connectivity index (χ4n) is 2.15. The molecule has 0 saturated carbocycles. The van der Waals surface area contributed by atoms with Crippen LogP contribution in [0, 0.1) is 44.1 Å². The van der Waals surface area contributed by atoms with Gasteiger partial charge in [0.05, 0.1) is 23.5 Å². The van der Waals surface area contributed by atoms with Crippen molar-refractivity contribution in [2.24, 2.45) is 4.30 Å². The zero-order valence-corrected chi connectivity index (χ0v) is 24.0. The van der Waals surface area contributed by atoms with Crippen molar-refractivity contribution in [3.8, 4) is 0 Å². The van der Waals surface area contributed by atoms with E-state index in [1.807, 2.05) is 6.92 Å². The van der Waals surface area contributed by atoms with Gasteiger partial charge in [0.25, 0.3) is 6.47 Å². The van der Waals surface area contributed by atoms with Crippen molar-refractivity contribution in [2.75, 3.05) is 0 Å². The smallest absolute Gasteiger partial charge is 0.222 e. The van der Waals surface area contributed by atoms with Crippen molar-refractivity contribution < 1.29 is 27.9 Å². The molecule has 0 aliphatic carbocycles. The van der Waals surface area contributed by atoms with Crippen LogP contribution in [0.2, 0.25) is 0 Å². The molecule has 0 fully saturated rings. The number of benzene rings is 3. The van der Waals surface area contributed by atoms with Gasteiger partial charge in [0.2, 0.25) is 17.1 Å². The summed E-state index contributed by atoms with van der Waals surface area (Å²) in [5.74, 6) is -1.51. The maximum Gasteiger partial charge on any atom is 0.222 e. The normalized spacial score (nSPS) is 8.41. The Kier molecular flexibility index (Phi) is 21.3. The number of hydrogen-bond acceptors (Lipinski definition) is 4. The van der Waals surface area contributed by atoms with Gasteiger partial charge >= 0.3 is 24.8 Å². The monoisotopic (exact) mass is 679 g/mol. The Bertz CT molecular complexity index is 1370. The molecule has 0 bridgehead atoms. The van der Waals surface area contributed by atoms with E-state index in [0.717, 1.165) is 17.2 Å². The summed E-state index contributed by atoms with van der Waals surface area (Å²) in [5.41, 5.74) is 2.10. The first-order valence-electron chi connectivity index (χ1n) is 9.82. The molecule has 3 aromatic carbocycles. The average molecular weight is 681 g/mol. The number of thiol groups is 1. The van der Waals surface area contributed by atoms with Crippen LogP contribution in [0.3, 0.4) is 0 Å². The first-order chi connectivity index (χ1) is 18.5. The van der Waals surface area contributed by atoms with Gasteiger partial charge in [-0.2, -0.15) is 0 Å². The number of aryl methyl sites for hydroxylation is 1. The molecule has 199 valence electrons. The van der Waals surface area contributed by atoms with Gasteiger partial charge in [0.15, 0.2) is 0 Å². The van der Waals surface area contributed by atoms with Gasteiger partial charge in [-0.25, -0.2) is 27.7 Å². The van der Waals surface area contributed by atoms with E-state index in [0.29, 0.717) is 11.8 Å². The molecule has 0 aliphatic heterocycles. The predicted octanol–water partition coefficient (Wildman–Crippen LogP) is 8.92. The van der Waals surface area contributed by atoms with E-state index in [2.05, 4.69) is 71.1 Å². The second-order valence-electron chi connectivity index (χ2n) is 6.35. The molecule has 0 amide bonds. The molecule has 0 unspecified atom stereocenters. The molecular weight excluding hydrogens is 664 g/mol. The van der Waals surface area contributed by atoms with E-state index in [9.17, 15) is 18.0 Å². The molecular formula is C25H17BBr2F3N4O3S. The minimum atomic E-state index is -0.592. The van der Waals surface area contributed by atoms with Crippen LogP contribution in [0.1, 0.15) is 25.2 Å². The molecule has 1 N–H and O–H groups in total. The van der Waals surface area contributed by atoms with Crippen molar-refractivity contribution in [3.05, 3.63) is 123 Å². The van der Waals surface area contributed by atoms with Crippen LogP contribution in [-0.2, 0) is 4.79 Å². The van der Waals surface area contributed by atoms with E-state index in [1.165, 1.54) is 36.4 Å². The van der Waals surface area contributed by atoms with Gasteiger partial charge < -0.3 is 5.11 Å². The van der Waals surface area contributed by atoms with Crippen molar-refractivity contribution in [1.82, 2.24) is 0 Å². The van der Waals surface area contributed by atoms with E-state index in [-0.39, 0.29) is 27.3 Å². The standard InChI is InChI=1S/C8H4Br2FN.C8H4FNO.C8H6FN.CH2O2.BHNS/c1-12-7-4-5(8(9)10)2-3-6(7)11;1-10-8-4-6(5-11)2-3-7(8)9;1-6-3-4-7(9)8(5-6)10-2;2-1-3;1-2-3/h2-4,8H;2-5H;3-5H,1H3;1H,(H,2,3);3H. The summed E-state index contributed by atoms with van der Waals surface area (Å²) >= 11 is 9.71. The third-order valence-electron chi connectivity index (χ3n) is 3.79. The fraction of sp³-hybridized carbons (Fsp3) is 0.0800. The molecule has 0 spiro atoms. The summed E-state index contributed by atoms with van der Waals surface area (Å²) in [5, 5.41) is 6.89. The molecule has 0 atom stereocenters. The molecule has 39 heavy (non-hydrogen) atoms. The summed E-state index contributed by atoms with van der Waals surface area (Å²) in [6.07, 6.45) is 0.577. The fourth-order valence-corrected chi connectivity index (χ4v) is 2.72. The van der Waals surface area contributed by atoms with Gasteiger partial charge in [-0.05, 0) is 42.8 Å². The van der Waals surface area contributed by atoms with E-state index in [1.54, 1.807) is 12.1 Å². The number of nitrogens with zero attached hydrogens (tertiary/aromatic N) is 4. The van der Waals surface area contributed by atoms with Gasteiger partial charge in [-0.15, -0.1) is 0 Å². The van der Waals surface area contributed by atoms with Crippen LogP contribution in [0.5, 0.6) is 0 Å². The Labute approximate surface area is 247 Å². The third-order valence-corrected chi connectivity index (χ3v) is 4.85. The summed E-state index contributed by atoms with van der Waals surface area (Å²) < 4.78 is 40.6. The topological polar surface area (TPSA) is 79.8 Å². The number of aldehydes is 1. The molecule has 3 rings (SSSR count). The van der Waals surface area contributed by atoms with Crippen LogP contribution in [0.15, 0.2) is 58.9 Å².